The Morgan fingerprint density at radius 1 is 1.38 bits per heavy atom. The molecule has 0 amide bonds. The minimum atomic E-state index is 0.665. The number of nitrogen functional groups attached to an aromatic ring is 1. The van der Waals surface area contributed by atoms with Crippen molar-refractivity contribution in [1.29, 1.82) is 0 Å². The number of fused-ring (bicyclic) bond motifs is 1. The highest BCUT2D eigenvalue weighted by atomic mass is 79.9. The van der Waals surface area contributed by atoms with E-state index in [1.807, 2.05) is 12.1 Å². The fourth-order valence-electron chi connectivity index (χ4n) is 3.00. The highest BCUT2D eigenvalue weighted by Gasteiger charge is 2.18. The molecule has 3 rings (SSSR count). The Morgan fingerprint density at radius 3 is 2.90 bits per heavy atom. The SMILES string of the molecule is CN(CC1CCOCC1)c1c(N)cnc2ccc(Br)cc12. The van der Waals surface area contributed by atoms with Gasteiger partial charge >= 0.3 is 0 Å². The maximum Gasteiger partial charge on any atom is 0.0745 e. The van der Waals surface area contributed by atoms with Crippen LogP contribution in [0.2, 0.25) is 0 Å². The van der Waals surface area contributed by atoms with Gasteiger partial charge in [0.2, 0.25) is 0 Å². The Hall–Kier alpha value is -1.33. The van der Waals surface area contributed by atoms with Crippen LogP contribution in [0, 0.1) is 5.92 Å². The summed E-state index contributed by atoms with van der Waals surface area (Å²) in [5.74, 6) is 0.665. The molecule has 1 aliphatic heterocycles. The molecule has 112 valence electrons. The van der Waals surface area contributed by atoms with Gasteiger partial charge in [-0.1, -0.05) is 15.9 Å². The van der Waals surface area contributed by atoms with Gasteiger partial charge in [0.1, 0.15) is 0 Å². The molecule has 1 fully saturated rings. The Morgan fingerprint density at radius 2 is 2.14 bits per heavy atom. The predicted molar refractivity (Wildman–Crippen MR) is 90.7 cm³/mol. The number of ether oxygens (including phenoxy) is 1. The van der Waals surface area contributed by atoms with E-state index < -0.39 is 0 Å². The van der Waals surface area contributed by atoms with Crippen molar-refractivity contribution in [3.63, 3.8) is 0 Å². The number of rotatable bonds is 3. The molecular weight excluding hydrogens is 330 g/mol. The second kappa shape index (κ2) is 6.20. The van der Waals surface area contributed by atoms with Gasteiger partial charge in [0.25, 0.3) is 0 Å². The fourth-order valence-corrected chi connectivity index (χ4v) is 3.36. The first-order valence-electron chi connectivity index (χ1n) is 7.28. The molecule has 0 aliphatic carbocycles. The molecule has 0 bridgehead atoms. The summed E-state index contributed by atoms with van der Waals surface area (Å²) in [5.41, 5.74) is 8.98. The first kappa shape index (κ1) is 14.6. The molecule has 0 saturated carbocycles. The molecule has 0 unspecified atom stereocenters. The number of halogens is 1. The second-order valence-corrected chi connectivity index (χ2v) is 6.58. The summed E-state index contributed by atoms with van der Waals surface area (Å²) in [5, 5.41) is 1.10. The van der Waals surface area contributed by atoms with Crippen LogP contribution in [0.5, 0.6) is 0 Å². The molecule has 2 N–H and O–H groups in total. The predicted octanol–water partition coefficient (Wildman–Crippen LogP) is 3.44. The third-order valence-electron chi connectivity index (χ3n) is 4.08. The lowest BCUT2D eigenvalue weighted by molar-refractivity contribution is 0.0685. The van der Waals surface area contributed by atoms with E-state index >= 15 is 0 Å². The molecular formula is C16H20BrN3O. The van der Waals surface area contributed by atoms with E-state index in [9.17, 15) is 0 Å². The van der Waals surface area contributed by atoms with Crippen molar-refractivity contribution in [2.45, 2.75) is 12.8 Å². The fraction of sp³-hybridized carbons (Fsp3) is 0.438. The molecule has 0 spiro atoms. The number of anilines is 2. The summed E-state index contributed by atoms with van der Waals surface area (Å²) in [6.07, 6.45) is 4.00. The highest BCUT2D eigenvalue weighted by molar-refractivity contribution is 9.10. The Kier molecular flexibility index (Phi) is 4.31. The van der Waals surface area contributed by atoms with Gasteiger partial charge in [0, 0.05) is 36.7 Å². The van der Waals surface area contributed by atoms with Gasteiger partial charge in [0.05, 0.1) is 23.1 Å². The maximum absolute atomic E-state index is 6.20. The molecule has 21 heavy (non-hydrogen) atoms. The van der Waals surface area contributed by atoms with Gasteiger partial charge in [-0.3, -0.25) is 4.98 Å². The summed E-state index contributed by atoms with van der Waals surface area (Å²) in [6, 6.07) is 6.12. The molecule has 1 aliphatic rings. The molecule has 1 saturated heterocycles. The lowest BCUT2D eigenvalue weighted by Crippen LogP contribution is -2.30. The number of nitrogens with zero attached hydrogens (tertiary/aromatic N) is 2. The number of benzene rings is 1. The van der Waals surface area contributed by atoms with Crippen LogP contribution in [-0.4, -0.2) is 31.8 Å². The van der Waals surface area contributed by atoms with E-state index in [0.717, 1.165) is 59.4 Å². The van der Waals surface area contributed by atoms with Crippen molar-refractivity contribution < 1.29 is 4.74 Å². The van der Waals surface area contributed by atoms with Gasteiger partial charge in [-0.25, -0.2) is 0 Å². The largest absolute Gasteiger partial charge is 0.396 e. The van der Waals surface area contributed by atoms with E-state index in [4.69, 9.17) is 10.5 Å². The van der Waals surface area contributed by atoms with Crippen LogP contribution in [0.15, 0.2) is 28.9 Å². The summed E-state index contributed by atoms with van der Waals surface area (Å²) in [7, 11) is 2.11. The average Bonchev–Trinajstić information content (AvgIpc) is 2.47. The molecule has 1 aromatic heterocycles. The minimum Gasteiger partial charge on any atom is -0.396 e. The van der Waals surface area contributed by atoms with Crippen LogP contribution in [0.25, 0.3) is 10.9 Å². The first-order chi connectivity index (χ1) is 10.1. The molecule has 1 aromatic carbocycles. The van der Waals surface area contributed by atoms with Crippen LogP contribution < -0.4 is 10.6 Å². The quantitative estimate of drug-likeness (QED) is 0.921. The van der Waals surface area contributed by atoms with Crippen molar-refractivity contribution in [2.24, 2.45) is 5.92 Å². The molecule has 4 nitrogen and oxygen atoms in total. The molecule has 0 atom stereocenters. The van der Waals surface area contributed by atoms with Crippen molar-refractivity contribution >= 4 is 38.2 Å². The zero-order chi connectivity index (χ0) is 14.8. The summed E-state index contributed by atoms with van der Waals surface area (Å²) in [6.45, 7) is 2.74. The third kappa shape index (κ3) is 3.14. The number of pyridine rings is 1. The molecule has 2 aromatic rings. The minimum absolute atomic E-state index is 0.665. The van der Waals surface area contributed by atoms with Crippen molar-refractivity contribution in [3.8, 4) is 0 Å². The summed E-state index contributed by atoms with van der Waals surface area (Å²) >= 11 is 3.54. The van der Waals surface area contributed by atoms with Gasteiger partial charge in [-0.05, 0) is 37.0 Å². The van der Waals surface area contributed by atoms with Gasteiger partial charge < -0.3 is 15.4 Å². The lowest BCUT2D eigenvalue weighted by Gasteiger charge is -2.29. The smallest absolute Gasteiger partial charge is 0.0745 e. The molecule has 0 radical (unpaired) electrons. The lowest BCUT2D eigenvalue weighted by atomic mass is 9.99. The average molecular weight is 350 g/mol. The molecule has 5 heteroatoms. The number of hydrogen-bond acceptors (Lipinski definition) is 4. The highest BCUT2D eigenvalue weighted by Crippen LogP contribution is 2.33. The van der Waals surface area contributed by atoms with Crippen LogP contribution in [-0.2, 0) is 4.74 Å². The number of nitrogens with two attached hydrogens (primary N) is 1. The van der Waals surface area contributed by atoms with Crippen LogP contribution in [0.3, 0.4) is 0 Å². The first-order valence-corrected chi connectivity index (χ1v) is 8.07. The topological polar surface area (TPSA) is 51.4 Å². The normalized spacial score (nSPS) is 16.3. The van der Waals surface area contributed by atoms with Gasteiger partial charge in [-0.15, -0.1) is 0 Å². The van der Waals surface area contributed by atoms with Crippen LogP contribution in [0.1, 0.15) is 12.8 Å². The van der Waals surface area contributed by atoms with Gasteiger partial charge in [0.15, 0.2) is 0 Å². The van der Waals surface area contributed by atoms with Crippen molar-refractivity contribution in [1.82, 2.24) is 4.98 Å². The summed E-state index contributed by atoms with van der Waals surface area (Å²) < 4.78 is 6.48. The standard InChI is InChI=1S/C16H20BrN3O/c1-20(10-11-4-6-21-7-5-11)16-13-8-12(17)2-3-15(13)19-9-14(16)18/h2-3,8-9,11H,4-7,10,18H2,1H3. The maximum atomic E-state index is 6.20. The molecule has 2 heterocycles. The van der Waals surface area contributed by atoms with E-state index in [2.05, 4.69) is 38.9 Å². The third-order valence-corrected chi connectivity index (χ3v) is 4.58. The monoisotopic (exact) mass is 349 g/mol. The summed E-state index contributed by atoms with van der Waals surface area (Å²) in [4.78, 5) is 6.68. The van der Waals surface area contributed by atoms with Crippen LogP contribution >= 0.6 is 15.9 Å². The Balaban J connectivity index is 1.93. The zero-order valence-corrected chi connectivity index (χ0v) is 13.8. The van der Waals surface area contributed by atoms with Crippen molar-refractivity contribution in [3.05, 3.63) is 28.9 Å². The zero-order valence-electron chi connectivity index (χ0n) is 12.2. The number of aromatic nitrogens is 1. The Bertz CT molecular complexity index is 635. The van der Waals surface area contributed by atoms with E-state index in [0.29, 0.717) is 5.92 Å². The Labute approximate surface area is 133 Å². The van der Waals surface area contributed by atoms with Crippen molar-refractivity contribution in [2.75, 3.05) is 37.4 Å². The van der Waals surface area contributed by atoms with Gasteiger partial charge in [-0.2, -0.15) is 0 Å². The van der Waals surface area contributed by atoms with Crippen LogP contribution in [0.4, 0.5) is 11.4 Å². The number of hydrogen-bond donors (Lipinski definition) is 1. The van der Waals surface area contributed by atoms with E-state index in [1.165, 1.54) is 0 Å². The van der Waals surface area contributed by atoms with E-state index in [-0.39, 0.29) is 0 Å². The van der Waals surface area contributed by atoms with E-state index in [1.54, 1.807) is 6.20 Å². The second-order valence-electron chi connectivity index (χ2n) is 5.66.